The summed E-state index contributed by atoms with van der Waals surface area (Å²) < 4.78 is 69.5. The molecule has 1 aromatic carbocycles. The molecule has 2 atom stereocenters. The Morgan fingerprint density at radius 2 is 1.97 bits per heavy atom. The summed E-state index contributed by atoms with van der Waals surface area (Å²) in [7, 11) is 0. The van der Waals surface area contributed by atoms with Crippen molar-refractivity contribution in [1.29, 1.82) is 5.26 Å². The SMILES string of the molecule is C[C@H]1C[C@@]2(CCN1c1cc(Br)cc(F)c1C#N)N=C(c1ccc(C(F)(F)F)nc1C1(F)CC1)NC2=O. The van der Waals surface area contributed by atoms with E-state index in [4.69, 9.17) is 0 Å². The van der Waals surface area contributed by atoms with E-state index >= 15 is 4.39 Å². The number of pyridine rings is 1. The van der Waals surface area contributed by atoms with Gasteiger partial charge in [0.05, 0.1) is 11.4 Å². The summed E-state index contributed by atoms with van der Waals surface area (Å²) in [5, 5.41) is 12.1. The van der Waals surface area contributed by atoms with Crippen molar-refractivity contribution >= 4 is 33.4 Å². The van der Waals surface area contributed by atoms with Gasteiger partial charge < -0.3 is 10.2 Å². The van der Waals surface area contributed by atoms with Crippen LogP contribution < -0.4 is 10.2 Å². The van der Waals surface area contributed by atoms with Gasteiger partial charge >= 0.3 is 6.18 Å². The van der Waals surface area contributed by atoms with Gasteiger partial charge in [0.25, 0.3) is 5.91 Å². The predicted molar refractivity (Wildman–Crippen MR) is 124 cm³/mol. The molecule has 1 saturated heterocycles. The van der Waals surface area contributed by atoms with E-state index in [-0.39, 0.29) is 60.9 Å². The number of nitriles is 1. The average Bonchev–Trinajstić information content (AvgIpc) is 3.48. The molecule has 2 aliphatic heterocycles. The van der Waals surface area contributed by atoms with Gasteiger partial charge in [-0.1, -0.05) is 15.9 Å². The highest BCUT2D eigenvalue weighted by Gasteiger charge is 2.52. The molecular formula is C24H19BrF5N5O. The van der Waals surface area contributed by atoms with Gasteiger partial charge in [-0.15, -0.1) is 0 Å². The fourth-order valence-electron chi connectivity index (χ4n) is 4.93. The van der Waals surface area contributed by atoms with Gasteiger partial charge in [-0.3, -0.25) is 9.79 Å². The molecule has 2 aromatic rings. The third-order valence-electron chi connectivity index (χ3n) is 6.92. The lowest BCUT2D eigenvalue weighted by molar-refractivity contribution is -0.141. The summed E-state index contributed by atoms with van der Waals surface area (Å²) >= 11 is 3.24. The van der Waals surface area contributed by atoms with Crippen molar-refractivity contribution in [1.82, 2.24) is 10.3 Å². The van der Waals surface area contributed by atoms with Crippen molar-refractivity contribution in [2.24, 2.45) is 4.99 Å². The molecule has 1 aromatic heterocycles. The molecule has 1 N–H and O–H groups in total. The normalized spacial score (nSPS) is 24.9. The topological polar surface area (TPSA) is 81.4 Å². The first kappa shape index (κ1) is 24.6. The van der Waals surface area contributed by atoms with E-state index in [1.807, 2.05) is 17.9 Å². The number of alkyl halides is 4. The summed E-state index contributed by atoms with van der Waals surface area (Å²) in [5.41, 5.74) is -4.49. The van der Waals surface area contributed by atoms with Crippen LogP contribution in [-0.2, 0) is 16.6 Å². The van der Waals surface area contributed by atoms with Crippen molar-refractivity contribution in [3.63, 3.8) is 0 Å². The summed E-state index contributed by atoms with van der Waals surface area (Å²) in [4.78, 5) is 23.1. The summed E-state index contributed by atoms with van der Waals surface area (Å²) in [6.07, 6.45) is -4.26. The molecule has 1 amide bonds. The lowest BCUT2D eigenvalue weighted by Gasteiger charge is -2.42. The molecule has 2 fully saturated rings. The number of anilines is 1. The number of amidine groups is 1. The number of halogens is 6. The Kier molecular flexibility index (Phi) is 5.63. The Bertz CT molecular complexity index is 1350. The second-order valence-corrected chi connectivity index (χ2v) is 10.3. The van der Waals surface area contributed by atoms with Gasteiger partial charge in [-0.2, -0.15) is 18.4 Å². The zero-order valence-corrected chi connectivity index (χ0v) is 20.5. The number of aromatic nitrogens is 1. The molecule has 36 heavy (non-hydrogen) atoms. The van der Waals surface area contributed by atoms with Crippen LogP contribution in [0, 0.1) is 17.1 Å². The van der Waals surface area contributed by atoms with Crippen molar-refractivity contribution in [3.05, 3.63) is 57.1 Å². The number of carbonyl (C=O) groups excluding carboxylic acids is 1. The molecule has 12 heteroatoms. The predicted octanol–water partition coefficient (Wildman–Crippen LogP) is 5.14. The highest BCUT2D eigenvalue weighted by atomic mass is 79.9. The number of nitrogens with zero attached hydrogens (tertiary/aromatic N) is 4. The van der Waals surface area contributed by atoms with Crippen LogP contribution in [0.25, 0.3) is 0 Å². The Morgan fingerprint density at radius 1 is 1.25 bits per heavy atom. The maximum atomic E-state index is 15.0. The lowest BCUT2D eigenvalue weighted by atomic mass is 9.83. The van der Waals surface area contributed by atoms with Gasteiger partial charge in [-0.05, 0) is 50.5 Å². The van der Waals surface area contributed by atoms with Crippen molar-refractivity contribution in [2.45, 2.75) is 56.0 Å². The number of benzene rings is 1. The molecule has 1 spiro atoms. The number of piperidine rings is 1. The van der Waals surface area contributed by atoms with E-state index < -0.39 is 34.8 Å². The molecule has 1 aliphatic carbocycles. The third-order valence-corrected chi connectivity index (χ3v) is 7.38. The van der Waals surface area contributed by atoms with E-state index in [2.05, 4.69) is 31.2 Å². The number of aliphatic imine (C=N–C) groups is 1. The highest BCUT2D eigenvalue weighted by Crippen LogP contribution is 2.51. The fraction of sp³-hybridized carbons (Fsp3) is 0.417. The van der Waals surface area contributed by atoms with Gasteiger partial charge in [0, 0.05) is 29.0 Å². The Labute approximate surface area is 211 Å². The second-order valence-electron chi connectivity index (χ2n) is 9.39. The second kappa shape index (κ2) is 8.23. The molecule has 6 nitrogen and oxygen atoms in total. The monoisotopic (exact) mass is 567 g/mol. The number of rotatable bonds is 3. The minimum atomic E-state index is -4.74. The summed E-state index contributed by atoms with van der Waals surface area (Å²) in [6, 6.07) is 6.23. The van der Waals surface area contributed by atoms with Gasteiger partial charge in [0.1, 0.15) is 34.5 Å². The van der Waals surface area contributed by atoms with Gasteiger partial charge in [-0.25, -0.2) is 13.8 Å². The number of nitrogens with one attached hydrogen (secondary N) is 1. The van der Waals surface area contributed by atoms with E-state index in [0.29, 0.717) is 10.2 Å². The average molecular weight is 568 g/mol. The first-order valence-corrected chi connectivity index (χ1v) is 12.0. The van der Waals surface area contributed by atoms with Crippen LogP contribution in [0.4, 0.5) is 27.6 Å². The third kappa shape index (κ3) is 4.03. The Balaban J connectivity index is 1.48. The Hall–Kier alpha value is -3.07. The summed E-state index contributed by atoms with van der Waals surface area (Å²) in [5.74, 6) is -1.12. The number of amides is 1. The standard InChI is InChI=1S/C24H19BrF5N5O/c1-12-10-23(6-7-35(12)17-9-13(25)8-16(26)15(17)11-31)21(36)33-20(34-23)14-2-3-18(24(28,29)30)32-19(14)22(27)4-5-22/h2-3,8-9,12H,4-7,10H2,1H3,(H,33,34,36)/t12-,23+/m0/s1. The zero-order valence-electron chi connectivity index (χ0n) is 18.9. The molecule has 3 aliphatic rings. The fourth-order valence-corrected chi connectivity index (χ4v) is 5.35. The largest absolute Gasteiger partial charge is 0.433 e. The molecular weight excluding hydrogens is 549 g/mol. The van der Waals surface area contributed by atoms with Crippen LogP contribution in [0.1, 0.15) is 55.1 Å². The molecule has 3 heterocycles. The molecule has 188 valence electrons. The molecule has 5 rings (SSSR count). The van der Waals surface area contributed by atoms with Crippen molar-refractivity contribution < 1.29 is 26.7 Å². The lowest BCUT2D eigenvalue weighted by Crippen LogP contribution is -2.53. The number of hydrogen-bond acceptors (Lipinski definition) is 5. The molecule has 0 radical (unpaired) electrons. The van der Waals surface area contributed by atoms with E-state index in [1.54, 1.807) is 6.07 Å². The molecule has 1 saturated carbocycles. The van der Waals surface area contributed by atoms with Crippen molar-refractivity contribution in [2.75, 3.05) is 11.4 Å². The minimum Gasteiger partial charge on any atom is -0.367 e. The minimum absolute atomic E-state index is 0.00740. The van der Waals surface area contributed by atoms with Crippen LogP contribution >= 0.6 is 15.9 Å². The Morgan fingerprint density at radius 3 is 2.58 bits per heavy atom. The van der Waals surface area contributed by atoms with Crippen LogP contribution in [0.2, 0.25) is 0 Å². The van der Waals surface area contributed by atoms with Crippen LogP contribution in [0.5, 0.6) is 0 Å². The summed E-state index contributed by atoms with van der Waals surface area (Å²) in [6.45, 7) is 2.08. The van der Waals surface area contributed by atoms with Crippen LogP contribution in [-0.4, -0.2) is 34.9 Å². The van der Waals surface area contributed by atoms with Gasteiger partial charge in [0.15, 0.2) is 5.67 Å². The maximum absolute atomic E-state index is 15.0. The molecule has 0 bridgehead atoms. The van der Waals surface area contributed by atoms with Crippen LogP contribution in [0.3, 0.4) is 0 Å². The zero-order chi connectivity index (χ0) is 26.0. The van der Waals surface area contributed by atoms with E-state index in [1.165, 1.54) is 6.07 Å². The van der Waals surface area contributed by atoms with Crippen molar-refractivity contribution in [3.8, 4) is 6.07 Å². The first-order valence-electron chi connectivity index (χ1n) is 11.2. The van der Waals surface area contributed by atoms with E-state index in [9.17, 15) is 27.6 Å². The quantitative estimate of drug-likeness (QED) is 0.521. The number of hydrogen-bond donors (Lipinski definition) is 1. The van der Waals surface area contributed by atoms with Crippen LogP contribution in [0.15, 0.2) is 33.7 Å². The highest BCUT2D eigenvalue weighted by molar-refractivity contribution is 9.10. The van der Waals surface area contributed by atoms with Gasteiger partial charge in [0.2, 0.25) is 0 Å². The molecule has 0 unspecified atom stereocenters. The smallest absolute Gasteiger partial charge is 0.367 e. The maximum Gasteiger partial charge on any atom is 0.433 e. The first-order chi connectivity index (χ1) is 16.9. The number of carbonyl (C=O) groups is 1. The van der Waals surface area contributed by atoms with E-state index in [0.717, 1.165) is 12.1 Å².